The zero-order valence-corrected chi connectivity index (χ0v) is 13.8. The van der Waals surface area contributed by atoms with Crippen LogP contribution in [-0.2, 0) is 19.5 Å². The number of hydrogen-bond donors (Lipinski definition) is 1. The van der Waals surface area contributed by atoms with Crippen LogP contribution in [0, 0.1) is 0 Å². The quantitative estimate of drug-likeness (QED) is 0.791. The molecule has 3 aromatic heterocycles. The maximum absolute atomic E-state index is 12.0. The number of amides is 1. The Balaban J connectivity index is 1.43. The Kier molecular flexibility index (Phi) is 4.10. The van der Waals surface area contributed by atoms with Crippen LogP contribution in [0.2, 0.25) is 0 Å². The molecule has 24 heavy (non-hydrogen) atoms. The Morgan fingerprint density at radius 2 is 2.33 bits per heavy atom. The Bertz CT molecular complexity index is 830. The van der Waals surface area contributed by atoms with E-state index in [9.17, 15) is 4.79 Å². The number of aromatic nitrogens is 2. The second-order valence-corrected chi connectivity index (χ2v) is 6.73. The number of hydrogen-bond acceptors (Lipinski definition) is 6. The van der Waals surface area contributed by atoms with E-state index < -0.39 is 0 Å². The number of anilines is 1. The van der Waals surface area contributed by atoms with E-state index in [4.69, 9.17) is 4.42 Å². The van der Waals surface area contributed by atoms with Gasteiger partial charge in [-0.3, -0.25) is 20.0 Å². The molecule has 1 aliphatic heterocycles. The third-order valence-electron chi connectivity index (χ3n) is 3.90. The molecule has 0 radical (unpaired) electrons. The molecular formula is C17H16N4O2S. The molecule has 4 rings (SSSR count). The van der Waals surface area contributed by atoms with Gasteiger partial charge in [-0.25, -0.2) is 4.98 Å². The molecule has 4 heterocycles. The van der Waals surface area contributed by atoms with Crippen molar-refractivity contribution in [3.05, 3.63) is 64.8 Å². The van der Waals surface area contributed by atoms with Crippen molar-refractivity contribution in [1.82, 2.24) is 14.9 Å². The van der Waals surface area contributed by atoms with Crippen molar-refractivity contribution in [2.24, 2.45) is 0 Å². The van der Waals surface area contributed by atoms with Gasteiger partial charge in [0.1, 0.15) is 0 Å². The van der Waals surface area contributed by atoms with E-state index >= 15 is 0 Å². The minimum atomic E-state index is -0.265. The largest absolute Gasteiger partial charge is 0.459 e. The number of furan rings is 1. The summed E-state index contributed by atoms with van der Waals surface area (Å²) in [6, 6.07) is 7.38. The molecule has 0 atom stereocenters. The Morgan fingerprint density at radius 3 is 3.12 bits per heavy atom. The molecule has 3 aromatic rings. The molecule has 6 nitrogen and oxygen atoms in total. The second kappa shape index (κ2) is 6.54. The van der Waals surface area contributed by atoms with Gasteiger partial charge in [0.15, 0.2) is 10.9 Å². The smallest absolute Gasteiger partial charge is 0.293 e. The highest BCUT2D eigenvalue weighted by atomic mass is 32.1. The Labute approximate surface area is 143 Å². The van der Waals surface area contributed by atoms with Gasteiger partial charge >= 0.3 is 0 Å². The Morgan fingerprint density at radius 1 is 1.38 bits per heavy atom. The predicted molar refractivity (Wildman–Crippen MR) is 90.8 cm³/mol. The molecule has 122 valence electrons. The lowest BCUT2D eigenvalue weighted by molar-refractivity contribution is 0.0996. The van der Waals surface area contributed by atoms with Gasteiger partial charge in [0.2, 0.25) is 0 Å². The van der Waals surface area contributed by atoms with Crippen LogP contribution in [0.4, 0.5) is 5.13 Å². The third-order valence-corrected chi connectivity index (χ3v) is 4.90. The standard InChI is InChI=1S/C17H16N4O2S/c22-16(14-4-2-8-23-14)20-17-19-13-5-7-21(11-15(13)24-17)10-12-3-1-6-18-9-12/h1-4,6,8-9H,5,7,10-11H2,(H,19,20,22). The summed E-state index contributed by atoms with van der Waals surface area (Å²) in [6.45, 7) is 2.68. The van der Waals surface area contributed by atoms with Gasteiger partial charge in [0.25, 0.3) is 5.91 Å². The summed E-state index contributed by atoms with van der Waals surface area (Å²) in [5.41, 5.74) is 2.29. The average molecular weight is 340 g/mol. The van der Waals surface area contributed by atoms with Crippen LogP contribution in [0.5, 0.6) is 0 Å². The van der Waals surface area contributed by atoms with Crippen molar-refractivity contribution in [2.45, 2.75) is 19.5 Å². The molecule has 1 N–H and O–H groups in total. The number of thiazole rings is 1. The topological polar surface area (TPSA) is 71.3 Å². The molecule has 7 heteroatoms. The fraction of sp³-hybridized carbons (Fsp3) is 0.235. The first-order valence-electron chi connectivity index (χ1n) is 7.72. The molecule has 1 aliphatic rings. The van der Waals surface area contributed by atoms with E-state index in [0.717, 1.165) is 31.7 Å². The monoisotopic (exact) mass is 340 g/mol. The first-order chi connectivity index (χ1) is 11.8. The number of nitrogens with zero attached hydrogens (tertiary/aromatic N) is 3. The van der Waals surface area contributed by atoms with Crippen molar-refractivity contribution in [3.8, 4) is 0 Å². The first kappa shape index (κ1) is 15.0. The minimum absolute atomic E-state index is 0.265. The predicted octanol–water partition coefficient (Wildman–Crippen LogP) is 2.94. The highest BCUT2D eigenvalue weighted by Gasteiger charge is 2.22. The van der Waals surface area contributed by atoms with Gasteiger partial charge in [0.05, 0.1) is 12.0 Å². The van der Waals surface area contributed by atoms with Crippen molar-refractivity contribution in [3.63, 3.8) is 0 Å². The highest BCUT2D eigenvalue weighted by molar-refractivity contribution is 7.15. The zero-order chi connectivity index (χ0) is 16.4. The van der Waals surface area contributed by atoms with E-state index in [1.165, 1.54) is 28.0 Å². The highest BCUT2D eigenvalue weighted by Crippen LogP contribution is 2.29. The van der Waals surface area contributed by atoms with Crippen molar-refractivity contribution < 1.29 is 9.21 Å². The maximum Gasteiger partial charge on any atom is 0.293 e. The van der Waals surface area contributed by atoms with Crippen LogP contribution < -0.4 is 5.32 Å². The SMILES string of the molecule is O=C(Nc1nc2c(s1)CN(Cc1cccnc1)CC2)c1ccco1. The molecule has 0 aliphatic carbocycles. The van der Waals surface area contributed by atoms with Crippen molar-refractivity contribution in [1.29, 1.82) is 0 Å². The molecule has 0 spiro atoms. The van der Waals surface area contributed by atoms with E-state index in [2.05, 4.69) is 26.3 Å². The van der Waals surface area contributed by atoms with Gasteiger partial charge in [-0.1, -0.05) is 6.07 Å². The van der Waals surface area contributed by atoms with Crippen LogP contribution in [-0.4, -0.2) is 27.3 Å². The van der Waals surface area contributed by atoms with Crippen LogP contribution in [0.3, 0.4) is 0 Å². The molecule has 0 saturated heterocycles. The van der Waals surface area contributed by atoms with Crippen LogP contribution in [0.15, 0.2) is 47.3 Å². The normalized spacial score (nSPS) is 14.3. The van der Waals surface area contributed by atoms with Crippen molar-refractivity contribution in [2.75, 3.05) is 11.9 Å². The van der Waals surface area contributed by atoms with Gasteiger partial charge in [0, 0.05) is 43.3 Å². The van der Waals surface area contributed by atoms with E-state index in [0.29, 0.717) is 10.9 Å². The molecule has 0 fully saturated rings. The summed E-state index contributed by atoms with van der Waals surface area (Å²) in [7, 11) is 0. The number of rotatable bonds is 4. The average Bonchev–Trinajstić information content (AvgIpc) is 3.24. The lowest BCUT2D eigenvalue weighted by atomic mass is 10.1. The first-order valence-corrected chi connectivity index (χ1v) is 8.54. The van der Waals surface area contributed by atoms with Crippen LogP contribution in [0.1, 0.15) is 26.7 Å². The van der Waals surface area contributed by atoms with E-state index in [1.807, 2.05) is 12.3 Å². The number of pyridine rings is 1. The summed E-state index contributed by atoms with van der Waals surface area (Å²) >= 11 is 1.53. The summed E-state index contributed by atoms with van der Waals surface area (Å²) in [5, 5.41) is 3.44. The zero-order valence-electron chi connectivity index (χ0n) is 12.9. The lowest BCUT2D eigenvalue weighted by Gasteiger charge is -2.25. The van der Waals surface area contributed by atoms with Crippen molar-refractivity contribution >= 4 is 22.4 Å². The minimum Gasteiger partial charge on any atom is -0.459 e. The lowest BCUT2D eigenvalue weighted by Crippen LogP contribution is -2.29. The molecular weight excluding hydrogens is 324 g/mol. The van der Waals surface area contributed by atoms with Crippen LogP contribution >= 0.6 is 11.3 Å². The summed E-state index contributed by atoms with van der Waals surface area (Å²) in [5.74, 6) is 0.0275. The van der Waals surface area contributed by atoms with Gasteiger partial charge < -0.3 is 4.42 Å². The second-order valence-electron chi connectivity index (χ2n) is 5.64. The maximum atomic E-state index is 12.0. The summed E-state index contributed by atoms with van der Waals surface area (Å²) in [6.07, 6.45) is 6.06. The van der Waals surface area contributed by atoms with Gasteiger partial charge in [-0.15, -0.1) is 11.3 Å². The van der Waals surface area contributed by atoms with E-state index in [1.54, 1.807) is 18.3 Å². The number of carbonyl (C=O) groups is 1. The molecule has 0 bridgehead atoms. The fourth-order valence-electron chi connectivity index (χ4n) is 2.75. The molecule has 1 amide bonds. The van der Waals surface area contributed by atoms with E-state index in [-0.39, 0.29) is 5.91 Å². The summed E-state index contributed by atoms with van der Waals surface area (Å²) in [4.78, 5) is 24.3. The fourth-order valence-corrected chi connectivity index (χ4v) is 3.80. The molecule has 0 unspecified atom stereocenters. The molecule has 0 aromatic carbocycles. The number of nitrogens with one attached hydrogen (secondary N) is 1. The number of carbonyl (C=O) groups excluding carboxylic acids is 1. The summed E-state index contributed by atoms with van der Waals surface area (Å²) < 4.78 is 5.10. The number of fused-ring (bicyclic) bond motifs is 1. The van der Waals surface area contributed by atoms with Crippen LogP contribution in [0.25, 0.3) is 0 Å². The Hall–Kier alpha value is -2.51. The van der Waals surface area contributed by atoms with Gasteiger partial charge in [-0.2, -0.15) is 0 Å². The van der Waals surface area contributed by atoms with Gasteiger partial charge in [-0.05, 0) is 23.8 Å². The third kappa shape index (κ3) is 3.22. The molecule has 0 saturated carbocycles.